The van der Waals surface area contributed by atoms with Gasteiger partial charge in [-0.1, -0.05) is 48.5 Å². The summed E-state index contributed by atoms with van der Waals surface area (Å²) in [5.74, 6) is 0.176. The summed E-state index contributed by atoms with van der Waals surface area (Å²) in [6.45, 7) is 13.2. The fourth-order valence-corrected chi connectivity index (χ4v) is 10.3. The molecule has 0 bridgehead atoms. The number of benzene rings is 4. The Kier molecular flexibility index (Phi) is 16.2. The number of aromatic nitrogens is 4. The fraction of sp³-hybridized carbons (Fsp3) is 0.373. The second-order valence-corrected chi connectivity index (χ2v) is 21.8. The van der Waals surface area contributed by atoms with Crippen LogP contribution < -0.4 is 30.2 Å². The molecular weight excluding hydrogens is 943 g/mol. The zero-order valence-electron chi connectivity index (χ0n) is 40.4. The number of sulfone groups is 1. The topological polar surface area (TPSA) is 241 Å². The normalized spacial score (nSPS) is 19.1. The van der Waals surface area contributed by atoms with Crippen molar-refractivity contribution in [2.45, 2.75) is 75.8 Å². The summed E-state index contributed by atoms with van der Waals surface area (Å²) in [6, 6.07) is 31.0. The molecule has 4 atom stereocenters. The number of nitrogens with one attached hydrogen (secondary N) is 3. The van der Waals surface area contributed by atoms with Crippen molar-refractivity contribution >= 4 is 32.0 Å². The highest BCUT2D eigenvalue weighted by Crippen LogP contribution is 2.30. The van der Waals surface area contributed by atoms with Crippen LogP contribution in [0.4, 0.5) is 11.9 Å². The molecule has 7 N–H and O–H groups in total. The van der Waals surface area contributed by atoms with E-state index in [9.17, 15) is 27.0 Å². The van der Waals surface area contributed by atoms with Gasteiger partial charge >= 0.3 is 10.3 Å². The lowest BCUT2D eigenvalue weighted by atomic mass is 10.0. The third-order valence-electron chi connectivity index (χ3n) is 12.9. The third-order valence-corrected chi connectivity index (χ3v) is 14.5. The minimum atomic E-state index is -4.32. The van der Waals surface area contributed by atoms with Crippen LogP contribution in [0.1, 0.15) is 43.0 Å². The van der Waals surface area contributed by atoms with Gasteiger partial charge < -0.3 is 35.2 Å². The van der Waals surface area contributed by atoms with Crippen LogP contribution in [0.2, 0.25) is 0 Å². The first kappa shape index (κ1) is 51.1. The third kappa shape index (κ3) is 14.0. The molecule has 71 heavy (non-hydrogen) atoms. The van der Waals surface area contributed by atoms with E-state index in [1.807, 2.05) is 24.3 Å². The highest BCUT2D eigenvalue weighted by molar-refractivity contribution is 7.90. The van der Waals surface area contributed by atoms with Crippen LogP contribution in [0.15, 0.2) is 114 Å². The van der Waals surface area contributed by atoms with Gasteiger partial charge in [-0.05, 0) is 104 Å². The zero-order chi connectivity index (χ0) is 50.3. The standard InChI is InChI=1S/C51H63N11O7S2/c1-34-29-61(35(2)27-56-34)30-39-7-6-10-42(24-39)45-17-21-55-51(59-45)60(22-18-38-11-13-48(46(63)25-38)69-71(52,67)68)32-43-33-62(36(3)28-57-43)31-40-8-5-9-41(23-40)44-16-20-54-50(58-44)53-19-15-37-12-14-49(47(64)26-37)70(4,65)66/h5-14,16-17,20-21,23-26,34-36,43,56-57,63-64H,15,18-19,22,27-33H2,1-4H3,(H2,52,67,68)(H,53,54,58)/t34-,35-,36-,43-/m0/s1. The summed E-state index contributed by atoms with van der Waals surface area (Å²) < 4.78 is 51.7. The van der Waals surface area contributed by atoms with Crippen molar-refractivity contribution in [3.63, 3.8) is 0 Å². The molecule has 0 spiro atoms. The van der Waals surface area contributed by atoms with Crippen LogP contribution >= 0.6 is 0 Å². The largest absolute Gasteiger partial charge is 0.507 e. The molecule has 2 aliphatic rings. The van der Waals surface area contributed by atoms with E-state index in [1.165, 1.54) is 29.8 Å². The van der Waals surface area contributed by atoms with Gasteiger partial charge in [-0.2, -0.15) is 13.6 Å². The van der Waals surface area contributed by atoms with Crippen molar-refractivity contribution in [2.24, 2.45) is 5.14 Å². The molecule has 0 saturated carbocycles. The molecule has 18 nitrogen and oxygen atoms in total. The van der Waals surface area contributed by atoms with Crippen molar-refractivity contribution in [1.82, 2.24) is 40.4 Å². The number of piperazine rings is 2. The molecule has 0 radical (unpaired) electrons. The first-order chi connectivity index (χ1) is 33.9. The van der Waals surface area contributed by atoms with Gasteiger partial charge in [0.2, 0.25) is 11.9 Å². The van der Waals surface area contributed by atoms with Gasteiger partial charge in [-0.15, -0.1) is 0 Å². The maximum absolute atomic E-state index is 11.9. The number of hydrogen-bond donors (Lipinski definition) is 6. The number of phenolic OH excluding ortho intramolecular Hbond substituents is 2. The van der Waals surface area contributed by atoms with Crippen molar-refractivity contribution in [1.29, 1.82) is 0 Å². The van der Waals surface area contributed by atoms with Gasteiger partial charge in [0.1, 0.15) is 10.6 Å². The van der Waals surface area contributed by atoms with E-state index in [4.69, 9.17) is 24.3 Å². The number of phenols is 2. The predicted molar refractivity (Wildman–Crippen MR) is 275 cm³/mol. The van der Waals surface area contributed by atoms with E-state index in [0.29, 0.717) is 63.0 Å². The summed E-state index contributed by atoms with van der Waals surface area (Å²) in [5.41, 5.74) is 7.40. The highest BCUT2D eigenvalue weighted by atomic mass is 32.2. The smallest absolute Gasteiger partial charge is 0.380 e. The van der Waals surface area contributed by atoms with Gasteiger partial charge in [0.15, 0.2) is 21.3 Å². The Labute approximate surface area is 416 Å². The molecule has 0 aliphatic carbocycles. The van der Waals surface area contributed by atoms with Gasteiger partial charge in [0.25, 0.3) is 0 Å². The average Bonchev–Trinajstić information content (AvgIpc) is 3.33. The Morgan fingerprint density at radius 3 is 2.01 bits per heavy atom. The van der Waals surface area contributed by atoms with Gasteiger partial charge in [0, 0.05) is 113 Å². The van der Waals surface area contributed by atoms with E-state index in [2.05, 4.69) is 92.8 Å². The molecule has 2 aromatic heterocycles. The van der Waals surface area contributed by atoms with Gasteiger partial charge in [-0.3, -0.25) is 9.80 Å². The average molecular weight is 1010 g/mol. The number of nitrogens with zero attached hydrogens (tertiary/aromatic N) is 7. The first-order valence-corrected chi connectivity index (χ1v) is 27.1. The van der Waals surface area contributed by atoms with Gasteiger partial charge in [0.05, 0.1) is 11.4 Å². The Hall–Kier alpha value is -6.26. The summed E-state index contributed by atoms with van der Waals surface area (Å²) in [4.78, 5) is 26.2. The molecule has 4 heterocycles. The molecule has 2 fully saturated rings. The monoisotopic (exact) mass is 1010 g/mol. The predicted octanol–water partition coefficient (Wildman–Crippen LogP) is 4.75. The molecule has 8 rings (SSSR count). The van der Waals surface area contributed by atoms with Crippen LogP contribution in [0, 0.1) is 0 Å². The van der Waals surface area contributed by atoms with Crippen LogP contribution in [-0.4, -0.2) is 133 Å². The Balaban J connectivity index is 0.961. The van der Waals surface area contributed by atoms with Crippen molar-refractivity contribution < 1.29 is 31.2 Å². The number of anilines is 2. The number of rotatable bonds is 19. The molecular formula is C51H63N11O7S2. The Morgan fingerprint density at radius 1 is 0.732 bits per heavy atom. The lowest BCUT2D eigenvalue weighted by molar-refractivity contribution is 0.134. The van der Waals surface area contributed by atoms with Crippen LogP contribution in [-0.2, 0) is 46.1 Å². The maximum atomic E-state index is 11.9. The highest BCUT2D eigenvalue weighted by Gasteiger charge is 2.28. The van der Waals surface area contributed by atoms with Crippen LogP contribution in [0.5, 0.6) is 17.2 Å². The summed E-state index contributed by atoms with van der Waals surface area (Å²) in [5, 5.41) is 36.6. The second-order valence-electron chi connectivity index (χ2n) is 18.7. The maximum Gasteiger partial charge on any atom is 0.380 e. The Morgan fingerprint density at radius 2 is 1.35 bits per heavy atom. The Bertz CT molecular complexity index is 3040. The quantitative estimate of drug-likeness (QED) is 0.0642. The molecule has 0 amide bonds. The van der Waals surface area contributed by atoms with E-state index < -0.39 is 20.1 Å². The lowest BCUT2D eigenvalue weighted by Gasteiger charge is -2.40. The summed E-state index contributed by atoms with van der Waals surface area (Å²) >= 11 is 0. The molecule has 2 aliphatic heterocycles. The fourth-order valence-electron chi connectivity index (χ4n) is 9.12. The van der Waals surface area contributed by atoms with Gasteiger partial charge in [-0.25, -0.2) is 28.4 Å². The summed E-state index contributed by atoms with van der Waals surface area (Å²) in [7, 11) is -7.85. The summed E-state index contributed by atoms with van der Waals surface area (Å²) in [6.07, 6.45) is 5.58. The molecule has 20 heteroatoms. The number of nitrogens with two attached hydrogens (primary N) is 1. The van der Waals surface area contributed by atoms with Crippen molar-refractivity contribution in [3.05, 3.63) is 132 Å². The van der Waals surface area contributed by atoms with E-state index in [0.717, 1.165) is 78.2 Å². The van der Waals surface area contributed by atoms with Crippen LogP contribution in [0.3, 0.4) is 0 Å². The SMILES string of the molecule is C[C@H]1CN(Cc2cccc(-c3ccnc(N(CCc4ccc(OS(N)(=O)=O)c(O)c4)C[C@H]4CN(Cc5cccc(-c6ccnc(NCCc7ccc(S(C)(=O)=O)c(O)c7)n6)c5)[C@@H](C)CN4)n3)c2)[C@@H](C)CN1. The molecule has 6 aromatic rings. The van der Waals surface area contributed by atoms with Crippen LogP contribution in [0.25, 0.3) is 22.5 Å². The van der Waals surface area contributed by atoms with Crippen molar-refractivity contribution in [2.75, 3.05) is 62.3 Å². The minimum Gasteiger partial charge on any atom is -0.507 e. The van der Waals surface area contributed by atoms with Crippen molar-refractivity contribution in [3.8, 4) is 39.8 Å². The molecule has 4 aromatic carbocycles. The number of hydrogen-bond acceptors (Lipinski definition) is 17. The van der Waals surface area contributed by atoms with E-state index in [-0.39, 0.29) is 34.2 Å². The molecule has 0 unspecified atom stereocenters. The van der Waals surface area contributed by atoms with E-state index in [1.54, 1.807) is 24.5 Å². The first-order valence-electron chi connectivity index (χ1n) is 23.8. The lowest BCUT2D eigenvalue weighted by Crippen LogP contribution is -2.58. The molecule has 376 valence electrons. The number of aromatic hydroxyl groups is 2. The second kappa shape index (κ2) is 22.4. The van der Waals surface area contributed by atoms with E-state index >= 15 is 0 Å². The minimum absolute atomic E-state index is 0.0319. The molecule has 2 saturated heterocycles. The zero-order valence-corrected chi connectivity index (χ0v) is 42.1.